The minimum Gasteiger partial charge on any atom is -0.372 e. The van der Waals surface area contributed by atoms with Crippen molar-refractivity contribution >= 4 is 18.9 Å². The molecular formula is C5H9NOS. The van der Waals surface area contributed by atoms with Crippen molar-refractivity contribution in [2.24, 2.45) is 0 Å². The molecule has 0 fully saturated rings. The molecule has 0 aliphatic rings. The van der Waals surface area contributed by atoms with Gasteiger partial charge >= 0.3 is 0 Å². The first-order valence-corrected chi connectivity index (χ1v) is 2.64. The van der Waals surface area contributed by atoms with Crippen molar-refractivity contribution in [3.05, 3.63) is 12.8 Å². The van der Waals surface area contributed by atoms with Crippen molar-refractivity contribution in [1.82, 2.24) is 5.32 Å². The van der Waals surface area contributed by atoms with E-state index in [0.717, 1.165) is 0 Å². The molecule has 0 spiro atoms. The maximum absolute atomic E-state index is 10.0. The average Bonchev–Trinajstić information content (AvgIpc) is 1.67. The predicted molar refractivity (Wildman–Crippen MR) is 36.8 cm³/mol. The molecule has 3 heteroatoms. The van der Waals surface area contributed by atoms with Crippen molar-refractivity contribution in [1.29, 1.82) is 0 Å². The van der Waals surface area contributed by atoms with Gasteiger partial charge < -0.3 is 5.32 Å². The summed E-state index contributed by atoms with van der Waals surface area (Å²) in [4.78, 5) is 9.27. The summed E-state index contributed by atoms with van der Waals surface area (Å²) in [6.45, 7) is 5.02. The Morgan fingerprint density at radius 3 is 2.50 bits per heavy atom. The lowest BCUT2D eigenvalue weighted by molar-refractivity contribution is -0.109. The van der Waals surface area contributed by atoms with Crippen LogP contribution in [0.25, 0.3) is 0 Å². The van der Waals surface area contributed by atoms with Crippen LogP contribution in [0.4, 0.5) is 0 Å². The second-order valence-electron chi connectivity index (χ2n) is 1.61. The van der Waals surface area contributed by atoms with Gasteiger partial charge in [0.15, 0.2) is 6.29 Å². The zero-order valence-electron chi connectivity index (χ0n) is 4.72. The highest BCUT2D eigenvalue weighted by molar-refractivity contribution is 7.82. The third kappa shape index (κ3) is 2.69. The molecule has 0 aliphatic heterocycles. The van der Waals surface area contributed by atoms with Crippen LogP contribution in [0.1, 0.15) is 6.92 Å². The van der Waals surface area contributed by atoms with E-state index >= 15 is 0 Å². The van der Waals surface area contributed by atoms with Crippen molar-refractivity contribution in [3.8, 4) is 0 Å². The Morgan fingerprint density at radius 2 is 2.38 bits per heavy atom. The summed E-state index contributed by atoms with van der Waals surface area (Å²) in [5, 5.41) is 2.63. The maximum Gasteiger partial charge on any atom is 0.155 e. The number of carbonyl (C=O) groups is 1. The molecule has 0 aromatic rings. The fourth-order valence-corrected chi connectivity index (χ4v) is 0.332. The van der Waals surface area contributed by atoms with Crippen molar-refractivity contribution in [2.75, 3.05) is 0 Å². The van der Waals surface area contributed by atoms with Crippen LogP contribution in [-0.2, 0) is 4.79 Å². The van der Waals surface area contributed by atoms with Crippen LogP contribution in [0.5, 0.6) is 0 Å². The van der Waals surface area contributed by atoms with Crippen molar-refractivity contribution in [2.45, 2.75) is 11.8 Å². The Bertz CT molecular complexity index is 101. The minimum atomic E-state index is -0.762. The topological polar surface area (TPSA) is 29.1 Å². The Kier molecular flexibility index (Phi) is 2.62. The molecule has 1 atom stereocenters. The smallest absolute Gasteiger partial charge is 0.155 e. The summed E-state index contributed by atoms with van der Waals surface area (Å²) in [5.41, 5.74) is 0. The number of hydrogen-bond donors (Lipinski definition) is 2. The summed E-state index contributed by atoms with van der Waals surface area (Å²) >= 11 is 3.92. The van der Waals surface area contributed by atoms with Crippen molar-refractivity contribution < 1.29 is 4.79 Å². The lowest BCUT2D eigenvalue weighted by Crippen LogP contribution is -2.33. The van der Waals surface area contributed by atoms with E-state index in [1.54, 1.807) is 6.92 Å². The molecule has 0 radical (unpaired) electrons. The number of nitrogens with one attached hydrogen (secondary N) is 1. The van der Waals surface area contributed by atoms with Crippen molar-refractivity contribution in [3.63, 3.8) is 0 Å². The Labute approximate surface area is 54.4 Å². The SMILES string of the molecule is C=CNC(C)(S)C=O. The maximum atomic E-state index is 10.0. The van der Waals surface area contributed by atoms with Crippen LogP contribution >= 0.6 is 12.6 Å². The summed E-state index contributed by atoms with van der Waals surface area (Å²) in [7, 11) is 0. The molecule has 2 nitrogen and oxygen atoms in total. The molecule has 0 saturated carbocycles. The zero-order chi connectivity index (χ0) is 6.62. The van der Waals surface area contributed by atoms with E-state index in [0.29, 0.717) is 6.29 Å². The van der Waals surface area contributed by atoms with E-state index in [1.807, 2.05) is 0 Å². The first-order chi connectivity index (χ1) is 3.62. The molecule has 0 amide bonds. The number of carbonyl (C=O) groups excluding carboxylic acids is 1. The van der Waals surface area contributed by atoms with Gasteiger partial charge in [-0.15, -0.1) is 12.6 Å². The molecule has 0 aromatic heterocycles. The summed E-state index contributed by atoms with van der Waals surface area (Å²) in [6.07, 6.45) is 2.14. The monoisotopic (exact) mass is 131 g/mol. The summed E-state index contributed by atoms with van der Waals surface area (Å²) in [6, 6.07) is 0. The molecule has 0 aliphatic carbocycles. The average molecular weight is 131 g/mol. The van der Waals surface area contributed by atoms with E-state index in [2.05, 4.69) is 24.5 Å². The van der Waals surface area contributed by atoms with Gasteiger partial charge in [-0.25, -0.2) is 0 Å². The van der Waals surface area contributed by atoms with E-state index in [-0.39, 0.29) is 0 Å². The van der Waals surface area contributed by atoms with Gasteiger partial charge in [0, 0.05) is 0 Å². The Hall–Kier alpha value is -0.440. The van der Waals surface area contributed by atoms with Gasteiger partial charge in [0.1, 0.15) is 4.87 Å². The van der Waals surface area contributed by atoms with Gasteiger partial charge in [0.25, 0.3) is 0 Å². The van der Waals surface area contributed by atoms with Gasteiger partial charge in [-0.1, -0.05) is 6.58 Å². The minimum absolute atomic E-state index is 0.706. The van der Waals surface area contributed by atoms with Crippen LogP contribution in [0.2, 0.25) is 0 Å². The van der Waals surface area contributed by atoms with E-state index in [1.165, 1.54) is 6.20 Å². The molecule has 1 unspecified atom stereocenters. The van der Waals surface area contributed by atoms with Crippen LogP contribution in [0.3, 0.4) is 0 Å². The van der Waals surface area contributed by atoms with Crippen LogP contribution in [0.15, 0.2) is 12.8 Å². The predicted octanol–water partition coefficient (Wildman–Crippen LogP) is 0.564. The molecule has 8 heavy (non-hydrogen) atoms. The number of rotatable bonds is 3. The Balaban J connectivity index is 3.70. The summed E-state index contributed by atoms with van der Waals surface area (Å²) < 4.78 is 0. The third-order valence-electron chi connectivity index (χ3n) is 0.624. The number of aldehydes is 1. The third-order valence-corrected chi connectivity index (χ3v) is 0.858. The number of thiol groups is 1. The lowest BCUT2D eigenvalue weighted by atomic mass is 10.4. The standard InChI is InChI=1S/C5H9NOS/c1-3-6-5(2,8)4-7/h3-4,6,8H,1H2,2H3. The van der Waals surface area contributed by atoms with E-state index in [9.17, 15) is 4.79 Å². The van der Waals surface area contributed by atoms with Gasteiger partial charge in [-0.3, -0.25) is 4.79 Å². The molecule has 0 heterocycles. The van der Waals surface area contributed by atoms with Crippen LogP contribution in [-0.4, -0.2) is 11.2 Å². The molecule has 46 valence electrons. The number of hydrogen-bond acceptors (Lipinski definition) is 3. The molecule has 0 saturated heterocycles. The Morgan fingerprint density at radius 1 is 1.88 bits per heavy atom. The van der Waals surface area contributed by atoms with E-state index < -0.39 is 4.87 Å². The largest absolute Gasteiger partial charge is 0.372 e. The fourth-order valence-electron chi connectivity index (χ4n) is 0.241. The summed E-state index contributed by atoms with van der Waals surface area (Å²) in [5.74, 6) is 0. The van der Waals surface area contributed by atoms with Gasteiger partial charge in [0.2, 0.25) is 0 Å². The van der Waals surface area contributed by atoms with Gasteiger partial charge in [-0.2, -0.15) is 0 Å². The second kappa shape index (κ2) is 2.77. The zero-order valence-corrected chi connectivity index (χ0v) is 5.61. The van der Waals surface area contributed by atoms with E-state index in [4.69, 9.17) is 0 Å². The highest BCUT2D eigenvalue weighted by atomic mass is 32.1. The normalized spacial score (nSPS) is 16.2. The second-order valence-corrected chi connectivity index (χ2v) is 2.54. The first kappa shape index (κ1) is 7.56. The highest BCUT2D eigenvalue weighted by Gasteiger charge is 2.12. The van der Waals surface area contributed by atoms with Gasteiger partial charge in [0.05, 0.1) is 0 Å². The quantitative estimate of drug-likeness (QED) is 0.333. The van der Waals surface area contributed by atoms with Crippen LogP contribution < -0.4 is 5.32 Å². The molecular weight excluding hydrogens is 122 g/mol. The molecule has 0 bridgehead atoms. The first-order valence-electron chi connectivity index (χ1n) is 2.19. The fraction of sp³-hybridized carbons (Fsp3) is 0.400. The van der Waals surface area contributed by atoms with Crippen LogP contribution in [0, 0.1) is 0 Å². The molecule has 0 rings (SSSR count). The molecule has 0 aromatic carbocycles. The molecule has 1 N–H and O–H groups in total. The lowest BCUT2D eigenvalue weighted by Gasteiger charge is -2.14. The van der Waals surface area contributed by atoms with Gasteiger partial charge in [-0.05, 0) is 13.1 Å². The highest BCUT2D eigenvalue weighted by Crippen LogP contribution is 2.02.